The first-order chi connectivity index (χ1) is 20.2. The minimum absolute atomic E-state index is 0.0716. The second-order valence-electron chi connectivity index (χ2n) is 12.6. The van der Waals surface area contributed by atoms with E-state index in [1.807, 2.05) is 37.3 Å². The Morgan fingerprint density at radius 2 is 1.86 bits per heavy atom. The fourth-order valence-corrected chi connectivity index (χ4v) is 8.47. The number of methoxy groups -OCH3 is 1. The number of hydrogen-bond acceptors (Lipinski definition) is 6. The van der Waals surface area contributed by atoms with Gasteiger partial charge in [-0.05, 0) is 117 Å². The van der Waals surface area contributed by atoms with Gasteiger partial charge in [0.05, 0.1) is 10.9 Å². The maximum atomic E-state index is 13.4. The summed E-state index contributed by atoms with van der Waals surface area (Å²) in [5.74, 6) is 1.57. The van der Waals surface area contributed by atoms with Gasteiger partial charge in [0.2, 0.25) is 10.0 Å². The summed E-state index contributed by atoms with van der Waals surface area (Å²) in [6.07, 6.45) is 8.03. The van der Waals surface area contributed by atoms with Crippen LogP contribution in [0.25, 0.3) is 0 Å². The Bertz CT molecular complexity index is 1370. The van der Waals surface area contributed by atoms with Crippen LogP contribution in [0, 0.1) is 23.7 Å². The smallest absolute Gasteiger partial charge is 0.264 e. The quantitative estimate of drug-likeness (QED) is 0.408. The molecule has 7 nitrogen and oxygen atoms in total. The lowest BCUT2D eigenvalue weighted by Gasteiger charge is -2.45. The van der Waals surface area contributed by atoms with Crippen molar-refractivity contribution in [2.75, 3.05) is 31.7 Å². The number of rotatable bonds is 2. The zero-order valence-electron chi connectivity index (χ0n) is 25.1. The Hall–Kier alpha value is -2.29. The van der Waals surface area contributed by atoms with Crippen LogP contribution in [0.1, 0.15) is 80.3 Å². The van der Waals surface area contributed by atoms with Gasteiger partial charge in [-0.1, -0.05) is 31.0 Å². The molecule has 2 aliphatic heterocycles. The van der Waals surface area contributed by atoms with Crippen molar-refractivity contribution in [2.24, 2.45) is 23.7 Å². The number of carbonyl (C=O) groups excluding carboxylic acids is 1. The summed E-state index contributed by atoms with van der Waals surface area (Å²) in [5.41, 5.74) is 3.47. The molecule has 1 amide bonds. The van der Waals surface area contributed by atoms with Gasteiger partial charge in [0.1, 0.15) is 12.4 Å². The van der Waals surface area contributed by atoms with E-state index in [0.717, 1.165) is 74.5 Å². The van der Waals surface area contributed by atoms with Crippen LogP contribution in [0.4, 0.5) is 5.69 Å². The third kappa shape index (κ3) is 7.08. The molecule has 2 unspecified atom stereocenters. The number of nitrogens with one attached hydrogen (secondary N) is 1. The SMILES string of the molecule is COC[C@@H]1CCC[C@H](C)[C@@H](C)S(=O)(=O)NC(=O)c2ccc3c(c2)N(CCCCc2cc(Cl)ccc2CO3)CC2CCC21. The summed E-state index contributed by atoms with van der Waals surface area (Å²) in [6, 6.07) is 11.3. The first-order valence-corrected chi connectivity index (χ1v) is 17.4. The lowest BCUT2D eigenvalue weighted by Crippen LogP contribution is -2.43. The monoisotopic (exact) mass is 616 g/mol. The van der Waals surface area contributed by atoms with Crippen molar-refractivity contribution in [1.82, 2.24) is 4.72 Å². The lowest BCUT2D eigenvalue weighted by atomic mass is 9.65. The number of fused-ring (bicyclic) bond motifs is 3. The van der Waals surface area contributed by atoms with E-state index >= 15 is 0 Å². The summed E-state index contributed by atoms with van der Waals surface area (Å²) < 4.78 is 41.0. The van der Waals surface area contributed by atoms with E-state index in [-0.39, 0.29) is 5.92 Å². The van der Waals surface area contributed by atoms with Crippen LogP contribution >= 0.6 is 11.6 Å². The number of halogens is 1. The average molecular weight is 617 g/mol. The second-order valence-corrected chi connectivity index (χ2v) is 15.1. The minimum Gasteiger partial charge on any atom is -0.487 e. The molecule has 5 atom stereocenters. The number of aryl methyl sites for hydroxylation is 1. The molecule has 1 saturated carbocycles. The molecule has 2 heterocycles. The van der Waals surface area contributed by atoms with E-state index in [1.54, 1.807) is 20.1 Å². The van der Waals surface area contributed by atoms with Crippen molar-refractivity contribution < 1.29 is 22.7 Å². The Morgan fingerprint density at radius 1 is 1.02 bits per heavy atom. The number of anilines is 1. The third-order valence-corrected chi connectivity index (χ3v) is 12.1. The topological polar surface area (TPSA) is 84.9 Å². The molecule has 0 saturated heterocycles. The molecular formula is C33H45ClN2O5S. The Labute approximate surface area is 256 Å². The fraction of sp³-hybridized carbons (Fsp3) is 0.606. The number of sulfonamides is 1. The molecule has 230 valence electrons. The molecule has 3 aliphatic rings. The van der Waals surface area contributed by atoms with E-state index < -0.39 is 21.2 Å². The minimum atomic E-state index is -3.85. The highest BCUT2D eigenvalue weighted by Crippen LogP contribution is 2.44. The molecule has 2 bridgehead atoms. The summed E-state index contributed by atoms with van der Waals surface area (Å²) in [5, 5.41) is 0.0472. The number of carbonyl (C=O) groups is 1. The zero-order chi connectivity index (χ0) is 29.9. The van der Waals surface area contributed by atoms with E-state index in [2.05, 4.69) is 9.62 Å². The molecule has 2 aromatic rings. The van der Waals surface area contributed by atoms with Gasteiger partial charge in [0.15, 0.2) is 0 Å². The molecule has 0 radical (unpaired) electrons. The normalized spacial score (nSPS) is 28.6. The standard InChI is InChI=1S/C33H45ClN2O5S/c1-22-7-6-9-28(20-40-3)30-14-11-26(30)19-36-16-5-4-8-24-17-29(34)13-10-27(24)21-41-32-15-12-25(18-31(32)36)33(37)35-42(38,39)23(22)2/h10,12-13,15,17-18,22-23,26,28,30H,4-9,11,14,16,19-21H2,1-3H3,(H,35,37)/t22-,23+,26?,28-,30?/m0/s1. The fourth-order valence-electron chi connectivity index (χ4n) is 6.96. The summed E-state index contributed by atoms with van der Waals surface area (Å²) >= 11 is 6.33. The number of benzene rings is 2. The van der Waals surface area contributed by atoms with Crippen molar-refractivity contribution in [3.63, 3.8) is 0 Å². The highest BCUT2D eigenvalue weighted by atomic mass is 35.5. The summed E-state index contributed by atoms with van der Waals surface area (Å²) in [7, 11) is -2.07. The van der Waals surface area contributed by atoms with Gasteiger partial charge < -0.3 is 14.4 Å². The number of hydrogen-bond donors (Lipinski definition) is 1. The molecule has 0 spiro atoms. The maximum Gasteiger partial charge on any atom is 0.264 e. The van der Waals surface area contributed by atoms with Crippen molar-refractivity contribution in [1.29, 1.82) is 0 Å². The predicted molar refractivity (Wildman–Crippen MR) is 168 cm³/mol. The third-order valence-electron chi connectivity index (χ3n) is 9.92. The van der Waals surface area contributed by atoms with E-state index in [4.69, 9.17) is 21.1 Å². The van der Waals surface area contributed by atoms with Crippen LogP contribution in [0.5, 0.6) is 5.75 Å². The van der Waals surface area contributed by atoms with Crippen LogP contribution in [0.2, 0.25) is 5.02 Å². The molecule has 0 aromatic heterocycles. The van der Waals surface area contributed by atoms with Crippen LogP contribution in [-0.4, -0.2) is 46.4 Å². The molecule has 9 heteroatoms. The highest BCUT2D eigenvalue weighted by molar-refractivity contribution is 7.90. The van der Waals surface area contributed by atoms with E-state index in [1.165, 1.54) is 18.4 Å². The summed E-state index contributed by atoms with van der Waals surface area (Å²) in [6.45, 7) is 6.48. The lowest BCUT2D eigenvalue weighted by molar-refractivity contribution is 0.0387. The zero-order valence-corrected chi connectivity index (χ0v) is 26.7. The van der Waals surface area contributed by atoms with E-state index in [0.29, 0.717) is 35.7 Å². The van der Waals surface area contributed by atoms with Gasteiger partial charge in [0, 0.05) is 37.4 Å². The van der Waals surface area contributed by atoms with Gasteiger partial charge >= 0.3 is 0 Å². The van der Waals surface area contributed by atoms with Crippen molar-refractivity contribution in [3.05, 3.63) is 58.1 Å². The Morgan fingerprint density at radius 3 is 2.62 bits per heavy atom. The van der Waals surface area contributed by atoms with Crippen molar-refractivity contribution in [2.45, 2.75) is 77.1 Å². The molecule has 5 rings (SSSR count). The van der Waals surface area contributed by atoms with Gasteiger partial charge in [-0.2, -0.15) is 0 Å². The highest BCUT2D eigenvalue weighted by Gasteiger charge is 2.38. The van der Waals surface area contributed by atoms with Crippen LogP contribution in [0.15, 0.2) is 36.4 Å². The number of amides is 1. The number of nitrogens with zero attached hydrogens (tertiary/aromatic N) is 1. The van der Waals surface area contributed by atoms with Crippen LogP contribution < -0.4 is 14.4 Å². The summed E-state index contributed by atoms with van der Waals surface area (Å²) in [4.78, 5) is 15.7. The molecule has 1 aliphatic carbocycles. The molecule has 2 aromatic carbocycles. The maximum absolute atomic E-state index is 13.4. The number of ether oxygens (including phenoxy) is 2. The van der Waals surface area contributed by atoms with Gasteiger partial charge in [-0.15, -0.1) is 0 Å². The van der Waals surface area contributed by atoms with Gasteiger partial charge in [0.25, 0.3) is 5.91 Å². The largest absolute Gasteiger partial charge is 0.487 e. The van der Waals surface area contributed by atoms with Gasteiger partial charge in [-0.3, -0.25) is 4.79 Å². The Kier molecular flexibility index (Phi) is 10.1. The van der Waals surface area contributed by atoms with E-state index in [9.17, 15) is 13.2 Å². The average Bonchev–Trinajstić information content (AvgIpc) is 2.97. The predicted octanol–water partition coefficient (Wildman–Crippen LogP) is 6.62. The molecule has 1 N–H and O–H groups in total. The first kappa shape index (κ1) is 31.1. The molecular weight excluding hydrogens is 572 g/mol. The van der Waals surface area contributed by atoms with Crippen molar-refractivity contribution in [3.8, 4) is 5.75 Å². The molecule has 42 heavy (non-hydrogen) atoms. The van der Waals surface area contributed by atoms with Crippen molar-refractivity contribution >= 4 is 33.2 Å². The first-order valence-electron chi connectivity index (χ1n) is 15.5. The Balaban J connectivity index is 1.53. The molecule has 1 fully saturated rings. The second kappa shape index (κ2) is 13.6. The van der Waals surface area contributed by atoms with Gasteiger partial charge in [-0.25, -0.2) is 13.1 Å². The van der Waals surface area contributed by atoms with Crippen LogP contribution in [0.3, 0.4) is 0 Å². The van der Waals surface area contributed by atoms with Crippen LogP contribution in [-0.2, 0) is 27.8 Å².